The number of carbonyl (C=O) groups excluding carboxylic acids is 3. The summed E-state index contributed by atoms with van der Waals surface area (Å²) >= 11 is 0. The molecule has 5 rings (SSSR count). The molecule has 2 atom stereocenters. The summed E-state index contributed by atoms with van der Waals surface area (Å²) in [5, 5.41) is 12.4. The maximum absolute atomic E-state index is 13.2. The van der Waals surface area contributed by atoms with Gasteiger partial charge in [-0.2, -0.15) is 0 Å². The normalized spacial score (nSPS) is 21.4. The monoisotopic (exact) mass is 578 g/mol. The molecule has 3 aliphatic rings. The van der Waals surface area contributed by atoms with E-state index in [4.69, 9.17) is 14.2 Å². The van der Waals surface area contributed by atoms with E-state index in [0.29, 0.717) is 62.4 Å². The molecule has 0 saturated carbocycles. The number of ether oxygens (including phenoxy) is 3. The second kappa shape index (κ2) is 12.2. The number of amides is 3. The van der Waals surface area contributed by atoms with Crippen LogP contribution in [0.25, 0.3) is 0 Å². The standard InChI is InChI=1S/C30H34N4O8/c1-20-25(27(36)37)26(21-9-10-23-24(17-21)42-19-41-23)34(29(39)31-20)33(18-35)14-6-13-32-15-11-30(12-16-32,28(38)40-2)22-7-4-3-5-8-22/h3-5,7-10,17-18,25-26H,6,11-16,19H2,1-2H3,(H,36,37). The number of likely N-dealkylation sites (tertiary alicyclic amines) is 1. The van der Waals surface area contributed by atoms with E-state index in [2.05, 4.69) is 9.89 Å². The SMILES string of the molecule is COC(=O)C1(c2ccccc2)CCN(CCCN(C=O)N2C(=O)N=C(C)C(C(=O)O)C2c2ccc3c(c2)OCO3)CC1. The summed E-state index contributed by atoms with van der Waals surface area (Å²) in [6.45, 7) is 3.61. The molecule has 1 saturated heterocycles. The number of hydrogen-bond acceptors (Lipinski definition) is 8. The number of hydrazine groups is 1. The number of rotatable bonds is 10. The molecule has 0 radical (unpaired) electrons. The second-order valence-electron chi connectivity index (χ2n) is 10.7. The van der Waals surface area contributed by atoms with Gasteiger partial charge in [0.05, 0.1) is 18.6 Å². The van der Waals surface area contributed by atoms with Gasteiger partial charge < -0.3 is 24.2 Å². The second-order valence-corrected chi connectivity index (χ2v) is 10.7. The van der Waals surface area contributed by atoms with Gasteiger partial charge in [-0.15, -0.1) is 0 Å². The Balaban J connectivity index is 1.29. The topological polar surface area (TPSA) is 138 Å². The molecule has 42 heavy (non-hydrogen) atoms. The third-order valence-electron chi connectivity index (χ3n) is 8.37. The van der Waals surface area contributed by atoms with Crippen molar-refractivity contribution < 1.29 is 38.5 Å². The molecular formula is C30H34N4O8. The Labute approximate surface area is 243 Å². The smallest absolute Gasteiger partial charge is 0.362 e. The van der Waals surface area contributed by atoms with Crippen molar-refractivity contribution in [1.82, 2.24) is 14.9 Å². The number of carboxylic acid groups (broad SMARTS) is 1. The van der Waals surface area contributed by atoms with E-state index in [-0.39, 0.29) is 25.0 Å². The summed E-state index contributed by atoms with van der Waals surface area (Å²) in [5.74, 6) is -1.63. The Hall–Kier alpha value is -4.45. The fourth-order valence-corrected chi connectivity index (χ4v) is 6.16. The summed E-state index contributed by atoms with van der Waals surface area (Å²) in [6, 6.07) is 12.9. The number of aliphatic carboxylic acids is 1. The third kappa shape index (κ3) is 5.41. The minimum atomic E-state index is -1.17. The van der Waals surface area contributed by atoms with Gasteiger partial charge in [-0.1, -0.05) is 36.4 Å². The number of hydrogen-bond donors (Lipinski definition) is 1. The highest BCUT2D eigenvalue weighted by Crippen LogP contribution is 2.41. The fraction of sp³-hybridized carbons (Fsp3) is 0.433. The van der Waals surface area contributed by atoms with Crippen molar-refractivity contribution in [2.24, 2.45) is 10.9 Å². The van der Waals surface area contributed by atoms with Gasteiger partial charge in [-0.05, 0) is 69.1 Å². The van der Waals surface area contributed by atoms with Crippen molar-refractivity contribution >= 4 is 30.1 Å². The molecule has 0 aliphatic carbocycles. The Kier molecular flexibility index (Phi) is 8.44. The number of aliphatic imine (C=N–C) groups is 1. The van der Waals surface area contributed by atoms with Crippen LogP contribution < -0.4 is 9.47 Å². The van der Waals surface area contributed by atoms with Crippen LogP contribution in [0.3, 0.4) is 0 Å². The molecule has 3 heterocycles. The molecule has 222 valence electrons. The molecule has 3 amide bonds. The predicted octanol–water partition coefficient (Wildman–Crippen LogP) is 3.02. The Morgan fingerprint density at radius 3 is 2.52 bits per heavy atom. The minimum absolute atomic E-state index is 0.0397. The van der Waals surface area contributed by atoms with Crippen molar-refractivity contribution in [3.05, 3.63) is 59.7 Å². The first-order chi connectivity index (χ1) is 20.3. The molecular weight excluding hydrogens is 544 g/mol. The van der Waals surface area contributed by atoms with Crippen molar-refractivity contribution in [3.8, 4) is 11.5 Å². The van der Waals surface area contributed by atoms with Crippen LogP contribution in [-0.4, -0.2) is 90.2 Å². The Bertz CT molecular complexity index is 1370. The summed E-state index contributed by atoms with van der Waals surface area (Å²) in [4.78, 5) is 56.9. The Morgan fingerprint density at radius 1 is 1.14 bits per heavy atom. The number of fused-ring (bicyclic) bond motifs is 1. The summed E-state index contributed by atoms with van der Waals surface area (Å²) in [7, 11) is 1.41. The van der Waals surface area contributed by atoms with Crippen molar-refractivity contribution in [1.29, 1.82) is 0 Å². The lowest BCUT2D eigenvalue weighted by Crippen LogP contribution is -2.54. The van der Waals surface area contributed by atoms with Crippen LogP contribution >= 0.6 is 0 Å². The van der Waals surface area contributed by atoms with E-state index in [0.717, 1.165) is 10.6 Å². The van der Waals surface area contributed by atoms with E-state index in [1.807, 2.05) is 30.3 Å². The lowest BCUT2D eigenvalue weighted by atomic mass is 9.72. The number of urea groups is 1. The first kappa shape index (κ1) is 29.1. The summed E-state index contributed by atoms with van der Waals surface area (Å²) in [6.07, 6.45) is 2.21. The molecule has 2 aromatic rings. The van der Waals surface area contributed by atoms with E-state index >= 15 is 0 Å². The molecule has 0 bridgehead atoms. The number of carbonyl (C=O) groups is 4. The van der Waals surface area contributed by atoms with Gasteiger partial charge in [0, 0.05) is 12.3 Å². The summed E-state index contributed by atoms with van der Waals surface area (Å²) < 4.78 is 16.0. The highest BCUT2D eigenvalue weighted by atomic mass is 16.7. The Morgan fingerprint density at radius 2 is 1.86 bits per heavy atom. The van der Waals surface area contributed by atoms with Crippen LogP contribution in [0.4, 0.5) is 4.79 Å². The first-order valence-corrected chi connectivity index (χ1v) is 13.9. The molecule has 3 aliphatic heterocycles. The van der Waals surface area contributed by atoms with Crippen LogP contribution in [0.15, 0.2) is 53.5 Å². The molecule has 0 spiro atoms. The van der Waals surface area contributed by atoms with Crippen LogP contribution in [-0.2, 0) is 24.5 Å². The number of benzene rings is 2. The predicted molar refractivity (Wildman–Crippen MR) is 150 cm³/mol. The zero-order valence-electron chi connectivity index (χ0n) is 23.6. The lowest BCUT2D eigenvalue weighted by Gasteiger charge is -2.43. The van der Waals surface area contributed by atoms with Crippen molar-refractivity contribution in [3.63, 3.8) is 0 Å². The average Bonchev–Trinajstić information content (AvgIpc) is 3.48. The van der Waals surface area contributed by atoms with Gasteiger partial charge in [-0.3, -0.25) is 19.4 Å². The minimum Gasteiger partial charge on any atom is -0.481 e. The zero-order chi connectivity index (χ0) is 29.9. The quantitative estimate of drug-likeness (QED) is 0.333. The average molecular weight is 579 g/mol. The van der Waals surface area contributed by atoms with Crippen molar-refractivity contribution in [2.75, 3.05) is 40.1 Å². The maximum atomic E-state index is 13.2. The van der Waals surface area contributed by atoms with E-state index in [1.165, 1.54) is 19.0 Å². The van der Waals surface area contributed by atoms with Crippen molar-refractivity contribution in [2.45, 2.75) is 37.6 Å². The number of carboxylic acids is 1. The van der Waals surface area contributed by atoms with Gasteiger partial charge in [0.2, 0.25) is 13.2 Å². The number of methoxy groups -OCH3 is 1. The van der Waals surface area contributed by atoms with Gasteiger partial charge in [0.25, 0.3) is 0 Å². The van der Waals surface area contributed by atoms with Crippen LogP contribution in [0, 0.1) is 5.92 Å². The maximum Gasteiger partial charge on any atom is 0.362 e. The van der Waals surface area contributed by atoms with E-state index < -0.39 is 29.4 Å². The summed E-state index contributed by atoms with van der Waals surface area (Å²) in [5.41, 5.74) is 0.863. The number of piperidine rings is 1. The van der Waals surface area contributed by atoms with Crippen LogP contribution in [0.5, 0.6) is 11.5 Å². The van der Waals surface area contributed by atoms with Gasteiger partial charge in [-0.25, -0.2) is 14.8 Å². The number of nitrogens with zero attached hydrogens (tertiary/aromatic N) is 4. The zero-order valence-corrected chi connectivity index (χ0v) is 23.6. The number of esters is 1. The van der Waals surface area contributed by atoms with E-state index in [9.17, 15) is 24.3 Å². The molecule has 2 unspecified atom stereocenters. The highest BCUT2D eigenvalue weighted by molar-refractivity contribution is 6.07. The highest BCUT2D eigenvalue weighted by Gasteiger charge is 2.46. The third-order valence-corrected chi connectivity index (χ3v) is 8.37. The molecule has 1 fully saturated rings. The molecule has 1 N–H and O–H groups in total. The largest absolute Gasteiger partial charge is 0.481 e. The molecule has 12 nitrogen and oxygen atoms in total. The van der Waals surface area contributed by atoms with Gasteiger partial charge >= 0.3 is 18.0 Å². The van der Waals surface area contributed by atoms with Gasteiger partial charge in [0.15, 0.2) is 11.5 Å². The van der Waals surface area contributed by atoms with Gasteiger partial charge in [0.1, 0.15) is 5.92 Å². The fourth-order valence-electron chi connectivity index (χ4n) is 6.16. The lowest BCUT2D eigenvalue weighted by molar-refractivity contribution is -0.149. The molecule has 0 aromatic heterocycles. The van der Waals surface area contributed by atoms with E-state index in [1.54, 1.807) is 18.2 Å². The molecule has 2 aromatic carbocycles. The molecule has 12 heteroatoms. The van der Waals surface area contributed by atoms with Crippen LogP contribution in [0.1, 0.15) is 43.4 Å². The van der Waals surface area contributed by atoms with Crippen LogP contribution in [0.2, 0.25) is 0 Å². The first-order valence-electron chi connectivity index (χ1n) is 13.9.